The number of hydrogen-bond donors (Lipinski definition) is 0. The van der Waals surface area contributed by atoms with Gasteiger partial charge in [0.25, 0.3) is 0 Å². The van der Waals surface area contributed by atoms with Crippen molar-refractivity contribution in [1.29, 1.82) is 0 Å². The van der Waals surface area contributed by atoms with Gasteiger partial charge in [0.05, 0.1) is 0 Å². The van der Waals surface area contributed by atoms with Crippen LogP contribution in [0.25, 0.3) is 0 Å². The van der Waals surface area contributed by atoms with Crippen LogP contribution in [0.1, 0.15) is 54.4 Å². The molecule has 2 nitrogen and oxygen atoms in total. The lowest BCUT2D eigenvalue weighted by molar-refractivity contribution is -0.116. The zero-order chi connectivity index (χ0) is 13.9. The Labute approximate surface area is 118 Å². The zero-order valence-corrected chi connectivity index (χ0v) is 11.7. The van der Waals surface area contributed by atoms with Crippen LogP contribution in [-0.2, 0) is 4.79 Å². The lowest BCUT2D eigenvalue weighted by Crippen LogP contribution is -2.41. The Bertz CT molecular complexity index is 655. The maximum atomic E-state index is 12.9. The molecule has 1 aromatic carbocycles. The molecule has 0 radical (unpaired) electrons. The SMILES string of the molecule is C[C@]12CCC(=O)C=C1CC[C@@H]1c3ccccc3C(=O)[C@@H]12. The van der Waals surface area contributed by atoms with Crippen molar-refractivity contribution in [3.05, 3.63) is 47.0 Å². The summed E-state index contributed by atoms with van der Waals surface area (Å²) in [5.41, 5.74) is 3.27. The molecule has 3 atom stereocenters. The van der Waals surface area contributed by atoms with Gasteiger partial charge in [-0.15, -0.1) is 0 Å². The smallest absolute Gasteiger partial charge is 0.167 e. The maximum absolute atomic E-state index is 12.9. The van der Waals surface area contributed by atoms with Gasteiger partial charge in [-0.25, -0.2) is 0 Å². The molecule has 0 saturated heterocycles. The molecular weight excluding hydrogens is 248 g/mol. The van der Waals surface area contributed by atoms with Gasteiger partial charge in [0, 0.05) is 17.9 Å². The molecule has 0 aromatic heterocycles. The van der Waals surface area contributed by atoms with Gasteiger partial charge in [-0.1, -0.05) is 36.8 Å². The summed E-state index contributed by atoms with van der Waals surface area (Å²) in [6.07, 6.45) is 5.22. The summed E-state index contributed by atoms with van der Waals surface area (Å²) in [6, 6.07) is 8.07. The molecule has 4 rings (SSSR count). The number of carbonyl (C=O) groups is 2. The Balaban J connectivity index is 1.86. The fourth-order valence-electron chi connectivity index (χ4n) is 4.63. The zero-order valence-electron chi connectivity index (χ0n) is 11.7. The summed E-state index contributed by atoms with van der Waals surface area (Å²) in [6.45, 7) is 2.20. The minimum atomic E-state index is -0.104. The van der Waals surface area contributed by atoms with E-state index in [1.807, 2.05) is 24.3 Å². The topological polar surface area (TPSA) is 34.1 Å². The molecule has 1 aromatic rings. The number of benzene rings is 1. The van der Waals surface area contributed by atoms with Crippen molar-refractivity contribution < 1.29 is 9.59 Å². The molecule has 0 heterocycles. The third-order valence-electron chi connectivity index (χ3n) is 5.68. The highest BCUT2D eigenvalue weighted by molar-refractivity contribution is 6.04. The van der Waals surface area contributed by atoms with E-state index in [-0.39, 0.29) is 17.1 Å². The van der Waals surface area contributed by atoms with Crippen LogP contribution >= 0.6 is 0 Å². The summed E-state index contributed by atoms with van der Waals surface area (Å²) in [5, 5.41) is 0. The minimum absolute atomic E-state index is 0.0491. The van der Waals surface area contributed by atoms with Crippen LogP contribution in [0, 0.1) is 11.3 Å². The molecule has 0 aliphatic heterocycles. The van der Waals surface area contributed by atoms with Crippen LogP contribution < -0.4 is 0 Å². The number of Topliss-reactive ketones (excluding diaryl/α,β-unsaturated/α-hetero) is 1. The predicted molar refractivity (Wildman–Crippen MR) is 76.7 cm³/mol. The van der Waals surface area contributed by atoms with Gasteiger partial charge in [0.15, 0.2) is 11.6 Å². The molecule has 20 heavy (non-hydrogen) atoms. The van der Waals surface area contributed by atoms with Crippen LogP contribution in [-0.4, -0.2) is 11.6 Å². The monoisotopic (exact) mass is 266 g/mol. The molecule has 3 aliphatic carbocycles. The summed E-state index contributed by atoms with van der Waals surface area (Å²) < 4.78 is 0. The highest BCUT2D eigenvalue weighted by atomic mass is 16.1. The maximum Gasteiger partial charge on any atom is 0.167 e. The van der Waals surface area contributed by atoms with Crippen LogP contribution in [0.4, 0.5) is 0 Å². The van der Waals surface area contributed by atoms with Crippen molar-refractivity contribution in [2.75, 3.05) is 0 Å². The fraction of sp³-hybridized carbons (Fsp3) is 0.444. The van der Waals surface area contributed by atoms with Gasteiger partial charge in [-0.2, -0.15) is 0 Å². The number of carbonyl (C=O) groups excluding carboxylic acids is 2. The van der Waals surface area contributed by atoms with Crippen molar-refractivity contribution in [2.45, 2.75) is 38.5 Å². The Morgan fingerprint density at radius 2 is 1.95 bits per heavy atom. The summed E-state index contributed by atoms with van der Waals surface area (Å²) in [4.78, 5) is 24.6. The van der Waals surface area contributed by atoms with Crippen molar-refractivity contribution in [2.24, 2.45) is 11.3 Å². The van der Waals surface area contributed by atoms with Crippen molar-refractivity contribution in [3.63, 3.8) is 0 Å². The molecule has 1 saturated carbocycles. The average Bonchev–Trinajstić information content (AvgIpc) is 2.75. The first-order chi connectivity index (χ1) is 9.61. The highest BCUT2D eigenvalue weighted by Crippen LogP contribution is 2.59. The molecule has 0 bridgehead atoms. The summed E-state index contributed by atoms with van der Waals surface area (Å²) in [7, 11) is 0. The van der Waals surface area contributed by atoms with E-state index in [4.69, 9.17) is 0 Å². The molecule has 102 valence electrons. The number of allylic oxidation sites excluding steroid dienone is 2. The van der Waals surface area contributed by atoms with Crippen molar-refractivity contribution in [1.82, 2.24) is 0 Å². The normalized spacial score (nSPS) is 35.1. The molecule has 1 fully saturated rings. The van der Waals surface area contributed by atoms with Gasteiger partial charge >= 0.3 is 0 Å². The number of fused-ring (bicyclic) bond motifs is 5. The van der Waals surface area contributed by atoms with E-state index in [2.05, 4.69) is 13.0 Å². The molecule has 0 unspecified atom stereocenters. The molecule has 0 spiro atoms. The Morgan fingerprint density at radius 1 is 1.15 bits per heavy atom. The van der Waals surface area contributed by atoms with E-state index in [0.29, 0.717) is 18.1 Å². The van der Waals surface area contributed by atoms with Crippen molar-refractivity contribution >= 4 is 11.6 Å². The second-order valence-corrected chi connectivity index (χ2v) is 6.63. The van der Waals surface area contributed by atoms with Crippen LogP contribution in [0.15, 0.2) is 35.9 Å². The second-order valence-electron chi connectivity index (χ2n) is 6.63. The van der Waals surface area contributed by atoms with E-state index >= 15 is 0 Å². The predicted octanol–water partition coefficient (Wildman–Crippen LogP) is 3.67. The summed E-state index contributed by atoms with van der Waals surface area (Å²) in [5.74, 6) is 0.939. The molecule has 3 aliphatic rings. The largest absolute Gasteiger partial charge is 0.295 e. The Kier molecular flexibility index (Phi) is 2.36. The third-order valence-corrected chi connectivity index (χ3v) is 5.68. The van der Waals surface area contributed by atoms with Crippen molar-refractivity contribution in [3.8, 4) is 0 Å². The first-order valence-electron chi connectivity index (χ1n) is 7.48. The second kappa shape index (κ2) is 3.91. The van der Waals surface area contributed by atoms with Crippen LogP contribution in [0.2, 0.25) is 0 Å². The fourth-order valence-corrected chi connectivity index (χ4v) is 4.63. The number of ketones is 2. The van der Waals surface area contributed by atoms with E-state index in [1.165, 1.54) is 11.1 Å². The van der Waals surface area contributed by atoms with Gasteiger partial charge in [-0.05, 0) is 42.2 Å². The molecule has 0 N–H and O–H groups in total. The van der Waals surface area contributed by atoms with E-state index in [0.717, 1.165) is 24.8 Å². The number of hydrogen-bond acceptors (Lipinski definition) is 2. The van der Waals surface area contributed by atoms with E-state index < -0.39 is 0 Å². The molecular formula is C18H18O2. The van der Waals surface area contributed by atoms with Crippen LogP contribution in [0.3, 0.4) is 0 Å². The molecule has 0 amide bonds. The highest BCUT2D eigenvalue weighted by Gasteiger charge is 2.54. The lowest BCUT2D eigenvalue weighted by Gasteiger charge is -2.46. The van der Waals surface area contributed by atoms with E-state index in [1.54, 1.807) is 0 Å². The van der Waals surface area contributed by atoms with Gasteiger partial charge in [-0.3, -0.25) is 9.59 Å². The molecule has 2 heteroatoms. The van der Waals surface area contributed by atoms with Gasteiger partial charge in [0.2, 0.25) is 0 Å². The van der Waals surface area contributed by atoms with Crippen LogP contribution in [0.5, 0.6) is 0 Å². The van der Waals surface area contributed by atoms with Gasteiger partial charge in [0.1, 0.15) is 0 Å². The van der Waals surface area contributed by atoms with Gasteiger partial charge < -0.3 is 0 Å². The third kappa shape index (κ3) is 1.39. The quantitative estimate of drug-likeness (QED) is 0.718. The standard InChI is InChI=1S/C18H18O2/c1-18-9-8-12(19)10-11(18)6-7-14-13-4-2-3-5-15(13)17(20)16(14)18/h2-5,10,14,16H,6-9H2,1H3/t14-,16-,18+/m1/s1. The Hall–Kier alpha value is -1.70. The first-order valence-corrected chi connectivity index (χ1v) is 7.48. The average molecular weight is 266 g/mol. The van der Waals surface area contributed by atoms with E-state index in [9.17, 15) is 9.59 Å². The lowest BCUT2D eigenvalue weighted by atomic mass is 9.56. The minimum Gasteiger partial charge on any atom is -0.295 e. The Morgan fingerprint density at radius 3 is 2.80 bits per heavy atom. The first kappa shape index (κ1) is 12.1. The number of rotatable bonds is 0. The summed E-state index contributed by atoms with van der Waals surface area (Å²) >= 11 is 0.